The SMILES string of the molecule is CCNC(=O)C(C#N)=Cc1ccc(-c2ccc([N+](=O)[O-])cc2)o1. The topological polar surface area (TPSA) is 109 Å². The normalized spacial score (nSPS) is 10.9. The van der Waals surface area contributed by atoms with Crippen LogP contribution in [0.1, 0.15) is 12.7 Å². The van der Waals surface area contributed by atoms with Gasteiger partial charge in [0.2, 0.25) is 0 Å². The van der Waals surface area contributed by atoms with Crippen LogP contribution in [0.15, 0.2) is 46.4 Å². The molecule has 0 fully saturated rings. The molecule has 1 aromatic heterocycles. The third kappa shape index (κ3) is 3.83. The molecule has 7 nitrogen and oxygen atoms in total. The minimum atomic E-state index is -0.481. The van der Waals surface area contributed by atoms with Gasteiger partial charge in [-0.3, -0.25) is 14.9 Å². The van der Waals surface area contributed by atoms with Gasteiger partial charge in [0.1, 0.15) is 23.2 Å². The van der Waals surface area contributed by atoms with Crippen LogP contribution in [-0.4, -0.2) is 17.4 Å². The van der Waals surface area contributed by atoms with Crippen LogP contribution in [0.3, 0.4) is 0 Å². The van der Waals surface area contributed by atoms with E-state index in [9.17, 15) is 14.9 Å². The summed E-state index contributed by atoms with van der Waals surface area (Å²) in [6.45, 7) is 2.18. The molecule has 2 aromatic rings. The maximum Gasteiger partial charge on any atom is 0.269 e. The highest BCUT2D eigenvalue weighted by molar-refractivity contribution is 6.01. The highest BCUT2D eigenvalue weighted by atomic mass is 16.6. The molecule has 2 rings (SSSR count). The molecule has 0 bridgehead atoms. The molecule has 0 spiro atoms. The second kappa shape index (κ2) is 7.04. The zero-order valence-corrected chi connectivity index (χ0v) is 12.3. The van der Waals surface area contributed by atoms with Crippen molar-refractivity contribution in [2.45, 2.75) is 6.92 Å². The maximum atomic E-state index is 11.6. The van der Waals surface area contributed by atoms with E-state index in [-0.39, 0.29) is 11.3 Å². The summed E-state index contributed by atoms with van der Waals surface area (Å²) in [5, 5.41) is 22.2. The fourth-order valence-electron chi connectivity index (χ4n) is 1.88. The van der Waals surface area contributed by atoms with Crippen LogP contribution >= 0.6 is 0 Å². The Labute approximate surface area is 132 Å². The minimum Gasteiger partial charge on any atom is -0.457 e. The van der Waals surface area contributed by atoms with Gasteiger partial charge in [0.25, 0.3) is 11.6 Å². The average Bonchev–Trinajstić information content (AvgIpc) is 3.01. The quantitative estimate of drug-likeness (QED) is 0.395. The van der Waals surface area contributed by atoms with Crippen molar-refractivity contribution in [3.63, 3.8) is 0 Å². The van der Waals surface area contributed by atoms with Crippen LogP contribution in [0, 0.1) is 21.4 Å². The zero-order valence-electron chi connectivity index (χ0n) is 12.3. The summed E-state index contributed by atoms with van der Waals surface area (Å²) < 4.78 is 5.55. The molecule has 0 saturated heterocycles. The number of nitrogens with zero attached hydrogens (tertiary/aromatic N) is 2. The number of carbonyl (C=O) groups is 1. The lowest BCUT2D eigenvalue weighted by atomic mass is 10.1. The smallest absolute Gasteiger partial charge is 0.269 e. The molecule has 1 heterocycles. The lowest BCUT2D eigenvalue weighted by Crippen LogP contribution is -2.23. The van der Waals surface area contributed by atoms with Gasteiger partial charge in [0, 0.05) is 30.3 Å². The molecule has 23 heavy (non-hydrogen) atoms. The summed E-state index contributed by atoms with van der Waals surface area (Å²) in [5.41, 5.74) is 0.589. The molecule has 0 atom stereocenters. The summed E-state index contributed by atoms with van der Waals surface area (Å²) in [6, 6.07) is 11.0. The van der Waals surface area contributed by atoms with Crippen LogP contribution in [0.2, 0.25) is 0 Å². The van der Waals surface area contributed by atoms with Crippen molar-refractivity contribution in [3.8, 4) is 17.4 Å². The first-order chi connectivity index (χ1) is 11.0. The molecule has 1 N–H and O–H groups in total. The summed E-state index contributed by atoms with van der Waals surface area (Å²) in [4.78, 5) is 21.8. The second-order valence-corrected chi connectivity index (χ2v) is 4.54. The molecule has 7 heteroatoms. The van der Waals surface area contributed by atoms with E-state index in [1.54, 1.807) is 31.2 Å². The van der Waals surface area contributed by atoms with Gasteiger partial charge >= 0.3 is 0 Å². The third-order valence-corrected chi connectivity index (χ3v) is 2.98. The third-order valence-electron chi connectivity index (χ3n) is 2.98. The molecular weight excluding hydrogens is 298 g/mol. The van der Waals surface area contributed by atoms with Gasteiger partial charge in [-0.25, -0.2) is 0 Å². The first-order valence-corrected chi connectivity index (χ1v) is 6.79. The van der Waals surface area contributed by atoms with E-state index in [1.807, 2.05) is 6.07 Å². The number of nitriles is 1. The number of nitro groups is 1. The van der Waals surface area contributed by atoms with Gasteiger partial charge in [-0.15, -0.1) is 0 Å². The van der Waals surface area contributed by atoms with Gasteiger partial charge in [0.05, 0.1) is 4.92 Å². The van der Waals surface area contributed by atoms with Gasteiger partial charge in [-0.05, 0) is 31.2 Å². The Bertz CT molecular complexity index is 797. The second-order valence-electron chi connectivity index (χ2n) is 4.54. The van der Waals surface area contributed by atoms with E-state index < -0.39 is 10.8 Å². The van der Waals surface area contributed by atoms with Crippen LogP contribution < -0.4 is 5.32 Å². The average molecular weight is 311 g/mol. The molecule has 0 radical (unpaired) electrons. The molecule has 0 unspecified atom stereocenters. The lowest BCUT2D eigenvalue weighted by molar-refractivity contribution is -0.384. The van der Waals surface area contributed by atoms with E-state index >= 15 is 0 Å². The number of hydrogen-bond acceptors (Lipinski definition) is 5. The van der Waals surface area contributed by atoms with Gasteiger partial charge in [-0.1, -0.05) is 0 Å². The molecular formula is C16H13N3O4. The standard InChI is InChI=1S/C16H13N3O4/c1-2-18-16(20)12(10-17)9-14-7-8-15(23-14)11-3-5-13(6-4-11)19(21)22/h3-9H,2H2,1H3,(H,18,20). The fourth-order valence-corrected chi connectivity index (χ4v) is 1.88. The van der Waals surface area contributed by atoms with E-state index in [0.717, 1.165) is 0 Å². The predicted molar refractivity (Wildman–Crippen MR) is 83.1 cm³/mol. The largest absolute Gasteiger partial charge is 0.457 e. The maximum absolute atomic E-state index is 11.6. The monoisotopic (exact) mass is 311 g/mol. The van der Waals surface area contributed by atoms with E-state index in [0.29, 0.717) is 23.6 Å². The molecule has 0 aliphatic carbocycles. The van der Waals surface area contributed by atoms with Crippen molar-refractivity contribution in [3.05, 3.63) is 57.8 Å². The summed E-state index contributed by atoms with van der Waals surface area (Å²) in [5.74, 6) is 0.365. The number of carbonyl (C=O) groups excluding carboxylic acids is 1. The van der Waals surface area contributed by atoms with Crippen LogP contribution in [0.25, 0.3) is 17.4 Å². The molecule has 116 valence electrons. The lowest BCUT2D eigenvalue weighted by Gasteiger charge is -1.99. The molecule has 0 aliphatic rings. The number of likely N-dealkylation sites (N-methyl/N-ethyl adjacent to an activating group) is 1. The molecule has 0 aliphatic heterocycles. The number of benzene rings is 1. The first kappa shape index (κ1) is 16.0. The number of amides is 1. The number of non-ortho nitro benzene ring substituents is 1. The number of hydrogen-bond donors (Lipinski definition) is 1. The van der Waals surface area contributed by atoms with Crippen molar-refractivity contribution < 1.29 is 14.1 Å². The van der Waals surface area contributed by atoms with Gasteiger partial charge in [-0.2, -0.15) is 5.26 Å². The van der Waals surface area contributed by atoms with Crippen LogP contribution in [0.5, 0.6) is 0 Å². The van der Waals surface area contributed by atoms with Crippen molar-refractivity contribution >= 4 is 17.7 Å². The fraction of sp³-hybridized carbons (Fsp3) is 0.125. The van der Waals surface area contributed by atoms with Gasteiger partial charge in [0.15, 0.2) is 0 Å². The highest BCUT2D eigenvalue weighted by Gasteiger charge is 2.11. The Hall–Kier alpha value is -3.40. The molecule has 1 aromatic carbocycles. The Balaban J connectivity index is 2.25. The zero-order chi connectivity index (χ0) is 16.8. The molecule has 0 saturated carbocycles. The van der Waals surface area contributed by atoms with Crippen molar-refractivity contribution in [2.24, 2.45) is 0 Å². The Morgan fingerprint density at radius 3 is 2.61 bits per heavy atom. The number of rotatable bonds is 5. The van der Waals surface area contributed by atoms with Crippen molar-refractivity contribution in [1.82, 2.24) is 5.32 Å². The van der Waals surface area contributed by atoms with E-state index in [2.05, 4.69) is 5.32 Å². The summed E-state index contributed by atoms with van der Waals surface area (Å²) in [7, 11) is 0. The van der Waals surface area contributed by atoms with Crippen molar-refractivity contribution in [1.29, 1.82) is 5.26 Å². The Morgan fingerprint density at radius 1 is 1.35 bits per heavy atom. The summed E-state index contributed by atoms with van der Waals surface area (Å²) in [6.07, 6.45) is 1.35. The van der Waals surface area contributed by atoms with E-state index in [4.69, 9.17) is 9.68 Å². The number of nitrogens with one attached hydrogen (secondary N) is 1. The van der Waals surface area contributed by atoms with Crippen molar-refractivity contribution in [2.75, 3.05) is 6.54 Å². The van der Waals surface area contributed by atoms with Crippen LogP contribution in [-0.2, 0) is 4.79 Å². The molecule has 1 amide bonds. The van der Waals surface area contributed by atoms with Gasteiger partial charge < -0.3 is 9.73 Å². The van der Waals surface area contributed by atoms with Crippen LogP contribution in [0.4, 0.5) is 5.69 Å². The number of nitro benzene ring substituents is 1. The first-order valence-electron chi connectivity index (χ1n) is 6.79. The number of furan rings is 1. The predicted octanol–water partition coefficient (Wildman–Crippen LogP) is 2.90. The highest BCUT2D eigenvalue weighted by Crippen LogP contribution is 2.25. The minimum absolute atomic E-state index is 0.0107. The Kier molecular flexibility index (Phi) is 4.89. The van der Waals surface area contributed by atoms with E-state index in [1.165, 1.54) is 18.2 Å². The Morgan fingerprint density at radius 2 is 2.04 bits per heavy atom. The summed E-state index contributed by atoms with van der Waals surface area (Å²) >= 11 is 0.